The molecular weight excluding hydrogens is 498 g/mol. The van der Waals surface area contributed by atoms with Gasteiger partial charge in [0.05, 0.1) is 34.4 Å². The van der Waals surface area contributed by atoms with Crippen LogP contribution in [-0.2, 0) is 15.9 Å². The van der Waals surface area contributed by atoms with Gasteiger partial charge in [0.1, 0.15) is 5.82 Å². The molecule has 0 aromatic carbocycles. The summed E-state index contributed by atoms with van der Waals surface area (Å²) < 4.78 is 11.4. The van der Waals surface area contributed by atoms with E-state index in [1.165, 1.54) is 25.7 Å². The molecular formula is C30H40ClN5O2. The molecule has 5 rings (SSSR count). The van der Waals surface area contributed by atoms with Crippen molar-refractivity contribution in [3.05, 3.63) is 41.2 Å². The summed E-state index contributed by atoms with van der Waals surface area (Å²) in [7, 11) is 0. The molecule has 0 amide bonds. The van der Waals surface area contributed by atoms with E-state index in [-0.39, 0.29) is 0 Å². The van der Waals surface area contributed by atoms with Gasteiger partial charge >= 0.3 is 0 Å². The lowest BCUT2D eigenvalue weighted by Gasteiger charge is -2.42. The van der Waals surface area contributed by atoms with Crippen LogP contribution in [0.5, 0.6) is 0 Å². The molecule has 2 aromatic heterocycles. The number of nitrogens with zero attached hydrogens (tertiary/aromatic N) is 4. The van der Waals surface area contributed by atoms with Crippen LogP contribution in [0.1, 0.15) is 58.1 Å². The van der Waals surface area contributed by atoms with E-state index in [0.29, 0.717) is 48.9 Å². The molecule has 0 radical (unpaired) electrons. The predicted octanol–water partition coefficient (Wildman–Crippen LogP) is 5.74. The van der Waals surface area contributed by atoms with Gasteiger partial charge in [-0.25, -0.2) is 4.98 Å². The van der Waals surface area contributed by atoms with E-state index in [9.17, 15) is 5.26 Å². The number of aromatic nitrogens is 2. The van der Waals surface area contributed by atoms with E-state index in [1.54, 1.807) is 6.20 Å². The van der Waals surface area contributed by atoms with Crippen LogP contribution in [0, 0.1) is 22.7 Å². The zero-order valence-corrected chi connectivity index (χ0v) is 23.4. The summed E-state index contributed by atoms with van der Waals surface area (Å²) >= 11 is 6.60. The zero-order valence-electron chi connectivity index (χ0n) is 22.7. The van der Waals surface area contributed by atoms with Gasteiger partial charge in [0.2, 0.25) is 0 Å². The first-order valence-corrected chi connectivity index (χ1v) is 14.5. The van der Waals surface area contributed by atoms with Crippen LogP contribution in [0.2, 0.25) is 5.02 Å². The summed E-state index contributed by atoms with van der Waals surface area (Å²) in [6.45, 7) is 8.30. The Balaban J connectivity index is 1.20. The molecule has 1 N–H and O–H groups in total. The third kappa shape index (κ3) is 6.66. The number of ether oxygens (including phenoxy) is 2. The second kappa shape index (κ2) is 12.3. The molecule has 2 saturated heterocycles. The maximum absolute atomic E-state index is 9.76. The Bertz CT molecular complexity index is 1110. The lowest BCUT2D eigenvalue weighted by atomic mass is 9.82. The average molecular weight is 538 g/mol. The quantitative estimate of drug-likeness (QED) is 0.482. The van der Waals surface area contributed by atoms with Crippen molar-refractivity contribution in [3.8, 4) is 17.3 Å². The third-order valence-corrected chi connectivity index (χ3v) is 8.81. The number of halogens is 1. The van der Waals surface area contributed by atoms with E-state index >= 15 is 0 Å². The van der Waals surface area contributed by atoms with Crippen LogP contribution < -0.4 is 5.32 Å². The first-order chi connectivity index (χ1) is 18.4. The summed E-state index contributed by atoms with van der Waals surface area (Å²) in [5.41, 5.74) is 2.40. The van der Waals surface area contributed by atoms with Crippen LogP contribution in [0.15, 0.2) is 30.5 Å². The highest BCUT2D eigenvalue weighted by Crippen LogP contribution is 2.34. The maximum Gasteiger partial charge on any atom is 0.126 e. The topological polar surface area (TPSA) is 83.3 Å². The summed E-state index contributed by atoms with van der Waals surface area (Å²) in [6, 6.07) is 11.2. The van der Waals surface area contributed by atoms with E-state index in [0.717, 1.165) is 55.1 Å². The van der Waals surface area contributed by atoms with Gasteiger partial charge in [-0.05, 0) is 82.9 Å². The molecule has 8 heteroatoms. The van der Waals surface area contributed by atoms with Crippen molar-refractivity contribution >= 4 is 17.4 Å². The highest BCUT2D eigenvalue weighted by Gasteiger charge is 2.33. The predicted molar refractivity (Wildman–Crippen MR) is 150 cm³/mol. The molecule has 3 fully saturated rings. The molecule has 3 aliphatic rings. The van der Waals surface area contributed by atoms with Gasteiger partial charge in [0, 0.05) is 56.3 Å². The fraction of sp³-hybridized carbons (Fsp3) is 0.633. The number of hydrogen-bond acceptors (Lipinski definition) is 7. The summed E-state index contributed by atoms with van der Waals surface area (Å²) in [6.07, 6.45) is 9.81. The molecule has 2 aromatic rings. The van der Waals surface area contributed by atoms with Gasteiger partial charge in [-0.3, -0.25) is 9.88 Å². The van der Waals surface area contributed by atoms with Gasteiger partial charge in [0.25, 0.3) is 0 Å². The SMILES string of the molecule is C[C@@H]1CN(C2CCC(Cc3cc(-c4cccc(NCC5(C#N)CCOCC5)n4)c(Cl)cn3)CC2)C[C@H](C)O1. The van der Waals surface area contributed by atoms with Gasteiger partial charge in [-0.2, -0.15) is 5.26 Å². The molecule has 1 aliphatic carbocycles. The molecule has 0 bridgehead atoms. The molecule has 0 unspecified atom stereocenters. The number of hydrogen-bond donors (Lipinski definition) is 1. The number of morpholine rings is 1. The van der Waals surface area contributed by atoms with E-state index in [4.69, 9.17) is 26.1 Å². The molecule has 7 nitrogen and oxygen atoms in total. The Morgan fingerprint density at radius 3 is 2.58 bits per heavy atom. The molecule has 2 aliphatic heterocycles. The summed E-state index contributed by atoms with van der Waals surface area (Å²) in [5.74, 6) is 1.40. The Morgan fingerprint density at radius 1 is 1.13 bits per heavy atom. The number of nitrogens with one attached hydrogen (secondary N) is 1. The van der Waals surface area contributed by atoms with Gasteiger partial charge < -0.3 is 14.8 Å². The Hall–Kier alpha value is -2.24. The van der Waals surface area contributed by atoms with E-state index in [2.05, 4.69) is 41.2 Å². The molecule has 38 heavy (non-hydrogen) atoms. The summed E-state index contributed by atoms with van der Waals surface area (Å²) in [5, 5.41) is 13.8. The van der Waals surface area contributed by atoms with Crippen LogP contribution in [0.25, 0.3) is 11.3 Å². The number of rotatable bonds is 7. The minimum Gasteiger partial charge on any atom is -0.381 e. The van der Waals surface area contributed by atoms with Crippen molar-refractivity contribution in [2.24, 2.45) is 11.3 Å². The van der Waals surface area contributed by atoms with Crippen LogP contribution in [-0.4, -0.2) is 66.0 Å². The first-order valence-electron chi connectivity index (χ1n) is 14.2. The Labute approximate surface area is 231 Å². The van der Waals surface area contributed by atoms with Crippen LogP contribution in [0.4, 0.5) is 5.82 Å². The second-order valence-corrected chi connectivity index (χ2v) is 11.9. The smallest absolute Gasteiger partial charge is 0.126 e. The minimum atomic E-state index is -0.408. The van der Waals surface area contributed by atoms with Crippen LogP contribution in [0.3, 0.4) is 0 Å². The van der Waals surface area contributed by atoms with Gasteiger partial charge in [-0.1, -0.05) is 17.7 Å². The molecule has 1 saturated carbocycles. The number of pyridine rings is 2. The average Bonchev–Trinajstić information content (AvgIpc) is 2.93. The highest BCUT2D eigenvalue weighted by molar-refractivity contribution is 6.33. The molecule has 0 spiro atoms. The first kappa shape index (κ1) is 27.3. The Kier molecular flexibility index (Phi) is 8.84. The third-order valence-electron chi connectivity index (χ3n) is 8.51. The van der Waals surface area contributed by atoms with Gasteiger partial charge in [-0.15, -0.1) is 0 Å². The molecule has 2 atom stereocenters. The van der Waals surface area contributed by atoms with Crippen molar-refractivity contribution in [3.63, 3.8) is 0 Å². The molecule has 204 valence electrons. The summed E-state index contributed by atoms with van der Waals surface area (Å²) in [4.78, 5) is 12.2. The van der Waals surface area contributed by atoms with E-state index in [1.807, 2.05) is 18.2 Å². The lowest BCUT2D eigenvalue weighted by molar-refractivity contribution is -0.0853. The number of anilines is 1. The lowest BCUT2D eigenvalue weighted by Crippen LogP contribution is -2.51. The standard InChI is InChI=1S/C30H40ClN5O2/c1-21-17-36(18-22(2)38-21)25-8-6-23(7-9-25)14-24-15-26(27(31)16-33-24)28-4-3-5-29(35-28)34-20-30(19-32)10-12-37-13-11-30/h3-5,15-16,21-23,25H,6-14,17-18,20H2,1-2H3,(H,34,35)/t21-,22+,23?,25?. The highest BCUT2D eigenvalue weighted by atomic mass is 35.5. The fourth-order valence-corrected chi connectivity index (χ4v) is 6.55. The minimum absolute atomic E-state index is 0.324. The second-order valence-electron chi connectivity index (χ2n) is 11.5. The largest absolute Gasteiger partial charge is 0.381 e. The van der Waals surface area contributed by atoms with Crippen molar-refractivity contribution < 1.29 is 9.47 Å². The van der Waals surface area contributed by atoms with Crippen LogP contribution >= 0.6 is 11.6 Å². The van der Waals surface area contributed by atoms with E-state index < -0.39 is 5.41 Å². The van der Waals surface area contributed by atoms with Crippen molar-refractivity contribution in [2.45, 2.75) is 77.0 Å². The maximum atomic E-state index is 9.76. The number of nitriles is 1. The van der Waals surface area contributed by atoms with Gasteiger partial charge in [0.15, 0.2) is 0 Å². The zero-order chi connectivity index (χ0) is 26.5. The fourth-order valence-electron chi connectivity index (χ4n) is 6.35. The Morgan fingerprint density at radius 2 is 1.87 bits per heavy atom. The van der Waals surface area contributed by atoms with Crippen molar-refractivity contribution in [1.82, 2.24) is 14.9 Å². The van der Waals surface area contributed by atoms with Crippen molar-refractivity contribution in [2.75, 3.05) is 38.2 Å². The monoisotopic (exact) mass is 537 g/mol. The normalized spacial score (nSPS) is 27.9. The van der Waals surface area contributed by atoms with Crippen molar-refractivity contribution in [1.29, 1.82) is 5.26 Å². The molecule has 4 heterocycles.